The van der Waals surface area contributed by atoms with Crippen LogP contribution in [0.25, 0.3) is 10.9 Å². The highest BCUT2D eigenvalue weighted by Crippen LogP contribution is 2.25. The van der Waals surface area contributed by atoms with Gasteiger partial charge in [-0.2, -0.15) is 0 Å². The van der Waals surface area contributed by atoms with Gasteiger partial charge >= 0.3 is 0 Å². The first-order valence-electron chi connectivity index (χ1n) is 4.96. The summed E-state index contributed by atoms with van der Waals surface area (Å²) in [7, 11) is 0. The molecule has 70 valence electrons. The average Bonchev–Trinajstić information content (AvgIpc) is 2.53. The third-order valence-electron chi connectivity index (χ3n) is 2.91. The van der Waals surface area contributed by atoms with Gasteiger partial charge in [-0.15, -0.1) is 0 Å². The Hall–Kier alpha value is -1.57. The number of aromatic amines is 1. The van der Waals surface area contributed by atoms with E-state index in [1.54, 1.807) is 0 Å². The first kappa shape index (κ1) is 7.80. The van der Waals surface area contributed by atoms with Gasteiger partial charge in [0.1, 0.15) is 0 Å². The Balaban J connectivity index is 2.47. The Kier molecular flexibility index (Phi) is 1.51. The zero-order valence-corrected chi connectivity index (χ0v) is 8.17. The van der Waals surface area contributed by atoms with E-state index >= 15 is 0 Å². The first-order chi connectivity index (χ1) is 6.86. The molecule has 14 heavy (non-hydrogen) atoms. The minimum atomic E-state index is 0.910. The Morgan fingerprint density at radius 3 is 3.21 bits per heavy atom. The maximum atomic E-state index is 4.54. The number of nitrogens with one attached hydrogen (secondary N) is 1. The number of nitrogens with zero attached hydrogens (tertiary/aromatic N) is 1. The minimum absolute atomic E-state index is 0.910. The molecular formula is C12H12N2. The molecule has 2 heterocycles. The molecule has 0 aliphatic carbocycles. The van der Waals surface area contributed by atoms with E-state index in [9.17, 15) is 0 Å². The molecule has 2 heteroatoms. The Morgan fingerprint density at radius 2 is 2.29 bits per heavy atom. The van der Waals surface area contributed by atoms with Crippen molar-refractivity contribution >= 4 is 16.6 Å². The van der Waals surface area contributed by atoms with Crippen molar-refractivity contribution in [1.82, 2.24) is 4.98 Å². The summed E-state index contributed by atoms with van der Waals surface area (Å²) in [6.45, 7) is 3.00. The van der Waals surface area contributed by atoms with E-state index in [1.807, 2.05) is 0 Å². The molecule has 0 atom stereocenters. The van der Waals surface area contributed by atoms with Crippen LogP contribution in [-0.2, 0) is 6.42 Å². The van der Waals surface area contributed by atoms with Gasteiger partial charge in [-0.05, 0) is 25.0 Å². The van der Waals surface area contributed by atoms with E-state index in [4.69, 9.17) is 0 Å². The van der Waals surface area contributed by atoms with E-state index in [1.165, 1.54) is 22.0 Å². The van der Waals surface area contributed by atoms with Crippen LogP contribution in [-0.4, -0.2) is 17.2 Å². The van der Waals surface area contributed by atoms with Crippen molar-refractivity contribution in [2.75, 3.05) is 6.54 Å². The molecule has 2 aromatic rings. The molecule has 0 radical (unpaired) electrons. The van der Waals surface area contributed by atoms with Gasteiger partial charge in [0, 0.05) is 34.9 Å². The first-order valence-corrected chi connectivity index (χ1v) is 4.96. The van der Waals surface area contributed by atoms with Crippen molar-refractivity contribution in [2.45, 2.75) is 13.3 Å². The van der Waals surface area contributed by atoms with Crippen LogP contribution in [0.5, 0.6) is 0 Å². The number of hydrogen-bond acceptors (Lipinski definition) is 1. The topological polar surface area (TPSA) is 28.1 Å². The van der Waals surface area contributed by atoms with Crippen LogP contribution in [0.3, 0.4) is 0 Å². The molecule has 0 fully saturated rings. The minimum Gasteiger partial charge on any atom is -0.361 e. The van der Waals surface area contributed by atoms with Crippen LogP contribution in [0.4, 0.5) is 0 Å². The molecule has 1 aliphatic rings. The van der Waals surface area contributed by atoms with Gasteiger partial charge in [-0.25, -0.2) is 0 Å². The molecule has 1 aromatic carbocycles. The summed E-state index contributed by atoms with van der Waals surface area (Å²) in [5.74, 6) is 0. The molecule has 0 saturated carbocycles. The molecule has 0 spiro atoms. The maximum absolute atomic E-state index is 4.54. The summed E-state index contributed by atoms with van der Waals surface area (Å²) in [5, 5.41) is 1.37. The van der Waals surface area contributed by atoms with Gasteiger partial charge < -0.3 is 4.98 Å². The summed E-state index contributed by atoms with van der Waals surface area (Å²) in [4.78, 5) is 7.85. The lowest BCUT2D eigenvalue weighted by molar-refractivity contribution is 0.981. The van der Waals surface area contributed by atoms with Crippen LogP contribution in [0.1, 0.15) is 18.1 Å². The lowest BCUT2D eigenvalue weighted by Crippen LogP contribution is -1.94. The van der Waals surface area contributed by atoms with Crippen molar-refractivity contribution in [3.63, 3.8) is 0 Å². The molecule has 0 unspecified atom stereocenters. The third-order valence-corrected chi connectivity index (χ3v) is 2.91. The highest BCUT2D eigenvalue weighted by atomic mass is 14.7. The molecule has 0 saturated heterocycles. The van der Waals surface area contributed by atoms with Crippen molar-refractivity contribution < 1.29 is 0 Å². The highest BCUT2D eigenvalue weighted by Gasteiger charge is 2.12. The van der Waals surface area contributed by atoms with Gasteiger partial charge in [-0.3, -0.25) is 4.99 Å². The fourth-order valence-corrected chi connectivity index (χ4v) is 2.18. The molecule has 1 aliphatic heterocycles. The van der Waals surface area contributed by atoms with Gasteiger partial charge in [0.25, 0.3) is 0 Å². The van der Waals surface area contributed by atoms with Crippen LogP contribution >= 0.6 is 0 Å². The number of hydrogen-bond donors (Lipinski definition) is 1. The number of benzene rings is 1. The molecule has 3 rings (SSSR count). The van der Waals surface area contributed by atoms with Gasteiger partial charge in [-0.1, -0.05) is 12.1 Å². The summed E-state index contributed by atoms with van der Waals surface area (Å²) in [6.07, 6.45) is 3.16. The molecule has 2 nitrogen and oxygen atoms in total. The number of rotatable bonds is 0. The lowest BCUT2D eigenvalue weighted by atomic mass is 10.0. The largest absolute Gasteiger partial charge is 0.361 e. The average molecular weight is 184 g/mol. The predicted molar refractivity (Wildman–Crippen MR) is 59.1 cm³/mol. The number of H-pyrrole nitrogens is 1. The molecular weight excluding hydrogens is 172 g/mol. The summed E-state index contributed by atoms with van der Waals surface area (Å²) in [6, 6.07) is 6.37. The normalized spacial score (nSPS) is 15.4. The van der Waals surface area contributed by atoms with E-state index in [-0.39, 0.29) is 0 Å². The van der Waals surface area contributed by atoms with Gasteiger partial charge in [0.2, 0.25) is 0 Å². The fraction of sp³-hybridized carbons (Fsp3) is 0.250. The lowest BCUT2D eigenvalue weighted by Gasteiger charge is -2.01. The van der Waals surface area contributed by atoms with Gasteiger partial charge in [0.15, 0.2) is 0 Å². The highest BCUT2D eigenvalue weighted by molar-refractivity contribution is 6.10. The summed E-state index contributed by atoms with van der Waals surface area (Å²) >= 11 is 0. The van der Waals surface area contributed by atoms with Crippen molar-refractivity contribution in [3.8, 4) is 0 Å². The molecule has 1 N–H and O–H groups in total. The van der Waals surface area contributed by atoms with E-state index in [0.29, 0.717) is 0 Å². The van der Waals surface area contributed by atoms with Gasteiger partial charge in [0.05, 0.1) is 0 Å². The Bertz CT molecular complexity index is 520. The standard InChI is InChI=1S/C12H12N2/c1-8-10-3-2-4-11-12(10)9(7-14-11)5-6-13-8/h2-4,7,14H,5-6H2,1H3. The van der Waals surface area contributed by atoms with E-state index < -0.39 is 0 Å². The van der Waals surface area contributed by atoms with E-state index in [0.717, 1.165) is 18.7 Å². The molecule has 0 amide bonds. The quantitative estimate of drug-likeness (QED) is 0.651. The van der Waals surface area contributed by atoms with Crippen LogP contribution in [0.15, 0.2) is 29.4 Å². The molecule has 0 bridgehead atoms. The Morgan fingerprint density at radius 1 is 1.36 bits per heavy atom. The number of aliphatic imine (C=N–C) groups is 1. The van der Waals surface area contributed by atoms with Crippen molar-refractivity contribution in [3.05, 3.63) is 35.5 Å². The fourth-order valence-electron chi connectivity index (χ4n) is 2.18. The van der Waals surface area contributed by atoms with Crippen molar-refractivity contribution in [1.29, 1.82) is 0 Å². The second kappa shape index (κ2) is 2.71. The van der Waals surface area contributed by atoms with Crippen LogP contribution in [0, 0.1) is 0 Å². The zero-order chi connectivity index (χ0) is 9.54. The third kappa shape index (κ3) is 0.939. The smallest absolute Gasteiger partial charge is 0.0463 e. The summed E-state index contributed by atoms with van der Waals surface area (Å²) in [5.41, 5.74) is 5.08. The zero-order valence-electron chi connectivity index (χ0n) is 8.17. The Labute approximate surface area is 82.7 Å². The van der Waals surface area contributed by atoms with Crippen molar-refractivity contribution in [2.24, 2.45) is 4.99 Å². The molecule has 1 aromatic heterocycles. The monoisotopic (exact) mass is 184 g/mol. The second-order valence-electron chi connectivity index (χ2n) is 3.76. The number of aromatic nitrogens is 1. The maximum Gasteiger partial charge on any atom is 0.0463 e. The van der Waals surface area contributed by atoms with Crippen LogP contribution in [0.2, 0.25) is 0 Å². The second-order valence-corrected chi connectivity index (χ2v) is 3.76. The van der Waals surface area contributed by atoms with E-state index in [2.05, 4.69) is 41.3 Å². The van der Waals surface area contributed by atoms with Crippen LogP contribution < -0.4 is 0 Å². The SMILES string of the molecule is CC1=NCCc2c[nH]c3cccc1c23. The summed E-state index contributed by atoms with van der Waals surface area (Å²) < 4.78 is 0. The predicted octanol–water partition coefficient (Wildman–Crippen LogP) is 2.53.